The van der Waals surface area contributed by atoms with Gasteiger partial charge in [0.1, 0.15) is 12.4 Å². The van der Waals surface area contributed by atoms with E-state index in [0.29, 0.717) is 25.7 Å². The van der Waals surface area contributed by atoms with E-state index >= 15 is 0 Å². The number of amides is 1. The molecule has 3 N–H and O–H groups in total. The Labute approximate surface area is 167 Å². The van der Waals surface area contributed by atoms with Gasteiger partial charge in [-0.15, -0.1) is 10.2 Å². The maximum Gasteiger partial charge on any atom is 0.223 e. The van der Waals surface area contributed by atoms with E-state index in [9.17, 15) is 4.79 Å². The maximum absolute atomic E-state index is 12.4. The van der Waals surface area contributed by atoms with E-state index < -0.39 is 0 Å². The van der Waals surface area contributed by atoms with Crippen molar-refractivity contribution in [2.75, 3.05) is 20.3 Å². The minimum atomic E-state index is 0.0512. The molecule has 0 aliphatic heterocycles. The molecule has 2 rings (SSSR count). The second-order valence-electron chi connectivity index (χ2n) is 7.67. The Kier molecular flexibility index (Phi) is 8.69. The Morgan fingerprint density at radius 1 is 1.36 bits per heavy atom. The molecule has 9 heteroatoms. The number of rotatable bonds is 8. The van der Waals surface area contributed by atoms with Gasteiger partial charge in [-0.05, 0) is 40.0 Å². The van der Waals surface area contributed by atoms with Crippen LogP contribution in [-0.4, -0.2) is 59.0 Å². The molecule has 1 aromatic heterocycles. The number of nitrogens with zero attached hydrogens (tertiary/aromatic N) is 4. The lowest BCUT2D eigenvalue weighted by Gasteiger charge is -2.30. The van der Waals surface area contributed by atoms with E-state index in [2.05, 4.69) is 31.1 Å². The van der Waals surface area contributed by atoms with Gasteiger partial charge in [-0.1, -0.05) is 6.42 Å². The van der Waals surface area contributed by atoms with E-state index in [4.69, 9.17) is 4.74 Å². The third-order valence-electron chi connectivity index (χ3n) is 4.98. The van der Waals surface area contributed by atoms with E-state index in [1.807, 2.05) is 32.4 Å². The SMILES string of the molecule is COCCNC(=NCc1nnc(C)n1C)NC1CCCC(C(=O)NC(C)C)C1. The van der Waals surface area contributed by atoms with Crippen LogP contribution in [0.5, 0.6) is 0 Å². The van der Waals surface area contributed by atoms with Crippen LogP contribution >= 0.6 is 0 Å². The van der Waals surface area contributed by atoms with Crippen molar-refractivity contribution in [3.8, 4) is 0 Å². The van der Waals surface area contributed by atoms with Crippen LogP contribution in [0, 0.1) is 12.8 Å². The van der Waals surface area contributed by atoms with Crippen LogP contribution in [0.25, 0.3) is 0 Å². The lowest BCUT2D eigenvalue weighted by atomic mass is 9.85. The molecule has 158 valence electrons. The number of aryl methyl sites for hydroxylation is 1. The number of methoxy groups -OCH3 is 1. The van der Waals surface area contributed by atoms with Crippen molar-refractivity contribution < 1.29 is 9.53 Å². The molecular weight excluding hydrogens is 358 g/mol. The first-order valence-corrected chi connectivity index (χ1v) is 10.1. The van der Waals surface area contributed by atoms with E-state index in [1.165, 1.54) is 0 Å². The van der Waals surface area contributed by atoms with Crippen molar-refractivity contribution in [1.82, 2.24) is 30.7 Å². The average Bonchev–Trinajstić information content (AvgIpc) is 2.98. The molecule has 2 atom stereocenters. The smallest absolute Gasteiger partial charge is 0.223 e. The Morgan fingerprint density at radius 2 is 2.14 bits per heavy atom. The number of aliphatic imine (C=N–C) groups is 1. The highest BCUT2D eigenvalue weighted by atomic mass is 16.5. The van der Waals surface area contributed by atoms with E-state index in [-0.39, 0.29) is 23.9 Å². The summed E-state index contributed by atoms with van der Waals surface area (Å²) in [5.41, 5.74) is 0. The zero-order valence-electron chi connectivity index (χ0n) is 17.8. The van der Waals surface area contributed by atoms with E-state index in [1.54, 1.807) is 7.11 Å². The van der Waals surface area contributed by atoms with Gasteiger partial charge >= 0.3 is 0 Å². The van der Waals surface area contributed by atoms with Crippen LogP contribution in [0.4, 0.5) is 0 Å². The molecular formula is C19H35N7O2. The van der Waals surface area contributed by atoms with Crippen LogP contribution in [0.3, 0.4) is 0 Å². The molecule has 9 nitrogen and oxygen atoms in total. The minimum absolute atomic E-state index is 0.0512. The molecule has 1 amide bonds. The summed E-state index contributed by atoms with van der Waals surface area (Å²) in [5, 5.41) is 18.1. The van der Waals surface area contributed by atoms with Crippen LogP contribution in [-0.2, 0) is 23.1 Å². The second kappa shape index (κ2) is 11.0. The monoisotopic (exact) mass is 393 g/mol. The third kappa shape index (κ3) is 6.78. The van der Waals surface area contributed by atoms with Crippen molar-refractivity contribution in [3.63, 3.8) is 0 Å². The van der Waals surface area contributed by atoms with Gasteiger partial charge in [0.15, 0.2) is 11.8 Å². The topological polar surface area (TPSA) is 105 Å². The molecule has 1 aliphatic rings. The highest BCUT2D eigenvalue weighted by Gasteiger charge is 2.28. The first-order chi connectivity index (χ1) is 13.4. The number of carbonyl (C=O) groups is 1. The van der Waals surface area contributed by atoms with Gasteiger partial charge in [0, 0.05) is 38.7 Å². The van der Waals surface area contributed by atoms with Crippen LogP contribution in [0.15, 0.2) is 4.99 Å². The molecule has 1 aromatic rings. The number of hydrogen-bond acceptors (Lipinski definition) is 5. The van der Waals surface area contributed by atoms with Crippen molar-refractivity contribution >= 4 is 11.9 Å². The quantitative estimate of drug-likeness (QED) is 0.344. The summed E-state index contributed by atoms with van der Waals surface area (Å²) in [4.78, 5) is 17.0. The summed E-state index contributed by atoms with van der Waals surface area (Å²) < 4.78 is 7.06. The minimum Gasteiger partial charge on any atom is -0.383 e. The van der Waals surface area contributed by atoms with Crippen LogP contribution < -0.4 is 16.0 Å². The summed E-state index contributed by atoms with van der Waals surface area (Å²) in [7, 11) is 3.61. The molecule has 28 heavy (non-hydrogen) atoms. The largest absolute Gasteiger partial charge is 0.383 e. The zero-order valence-corrected chi connectivity index (χ0v) is 17.8. The first-order valence-electron chi connectivity index (χ1n) is 10.1. The fourth-order valence-corrected chi connectivity index (χ4v) is 3.32. The van der Waals surface area contributed by atoms with Crippen molar-refractivity contribution in [3.05, 3.63) is 11.6 Å². The second-order valence-corrected chi connectivity index (χ2v) is 7.67. The van der Waals surface area contributed by atoms with Gasteiger partial charge in [0.2, 0.25) is 5.91 Å². The summed E-state index contributed by atoms with van der Waals surface area (Å²) in [6.07, 6.45) is 3.81. The van der Waals surface area contributed by atoms with Crippen molar-refractivity contribution in [2.24, 2.45) is 18.0 Å². The molecule has 2 unspecified atom stereocenters. The van der Waals surface area contributed by atoms with Gasteiger partial charge in [-0.25, -0.2) is 4.99 Å². The molecule has 0 saturated heterocycles. The average molecular weight is 394 g/mol. The highest BCUT2D eigenvalue weighted by Crippen LogP contribution is 2.24. The number of aromatic nitrogens is 3. The number of nitrogens with one attached hydrogen (secondary N) is 3. The van der Waals surface area contributed by atoms with Crippen LogP contribution in [0.2, 0.25) is 0 Å². The predicted molar refractivity (Wildman–Crippen MR) is 109 cm³/mol. The maximum atomic E-state index is 12.4. The molecule has 0 radical (unpaired) electrons. The van der Waals surface area contributed by atoms with Gasteiger partial charge in [0.25, 0.3) is 0 Å². The molecule has 1 heterocycles. The number of guanidine groups is 1. The van der Waals surface area contributed by atoms with Crippen molar-refractivity contribution in [1.29, 1.82) is 0 Å². The van der Waals surface area contributed by atoms with Gasteiger partial charge in [-0.3, -0.25) is 4.79 Å². The van der Waals surface area contributed by atoms with Gasteiger partial charge < -0.3 is 25.3 Å². The normalized spacial score (nSPS) is 20.3. The number of hydrogen-bond donors (Lipinski definition) is 3. The Hall–Kier alpha value is -2.16. The molecule has 0 spiro atoms. The Morgan fingerprint density at radius 3 is 2.79 bits per heavy atom. The summed E-state index contributed by atoms with van der Waals surface area (Å²) >= 11 is 0. The number of carbonyl (C=O) groups excluding carboxylic acids is 1. The first kappa shape index (κ1) is 22.1. The lowest BCUT2D eigenvalue weighted by Crippen LogP contribution is -2.48. The summed E-state index contributed by atoms with van der Waals surface area (Å²) in [6.45, 7) is 7.59. The molecule has 1 saturated carbocycles. The predicted octanol–water partition coefficient (Wildman–Crippen LogP) is 0.889. The fraction of sp³-hybridized carbons (Fsp3) is 0.789. The van der Waals surface area contributed by atoms with Crippen molar-refractivity contribution in [2.45, 2.75) is 65.1 Å². The third-order valence-corrected chi connectivity index (χ3v) is 4.98. The Balaban J connectivity index is 1.99. The zero-order chi connectivity index (χ0) is 20.5. The molecule has 1 fully saturated rings. The standard InChI is InChI=1S/C19H35N7O2/c1-13(2)22-18(27)15-7-6-8-16(11-15)23-19(20-9-10-28-5)21-12-17-25-24-14(3)26(17)4/h13,15-16H,6-12H2,1-5H3,(H,22,27)(H2,20,21,23). The number of ether oxygens (including phenoxy) is 1. The molecule has 1 aliphatic carbocycles. The molecule has 0 bridgehead atoms. The van der Waals surface area contributed by atoms with E-state index in [0.717, 1.165) is 37.3 Å². The van der Waals surface area contributed by atoms with Gasteiger partial charge in [-0.2, -0.15) is 0 Å². The lowest BCUT2D eigenvalue weighted by molar-refractivity contribution is -0.126. The fourth-order valence-electron chi connectivity index (χ4n) is 3.32. The van der Waals surface area contributed by atoms with Gasteiger partial charge in [0.05, 0.1) is 6.61 Å². The summed E-state index contributed by atoms with van der Waals surface area (Å²) in [5.74, 6) is 2.59. The summed E-state index contributed by atoms with van der Waals surface area (Å²) in [6, 6.07) is 0.384. The highest BCUT2D eigenvalue weighted by molar-refractivity contribution is 5.81. The van der Waals surface area contributed by atoms with Crippen LogP contribution in [0.1, 0.15) is 51.2 Å². The Bertz CT molecular complexity index is 657. The molecule has 0 aromatic carbocycles.